The van der Waals surface area contributed by atoms with Gasteiger partial charge in [0.25, 0.3) is 11.6 Å². The van der Waals surface area contributed by atoms with E-state index in [4.69, 9.17) is 0 Å². The monoisotopic (exact) mass is 373 g/mol. The van der Waals surface area contributed by atoms with Gasteiger partial charge in [-0.05, 0) is 54.8 Å². The highest BCUT2D eigenvalue weighted by molar-refractivity contribution is 6.05. The number of hydrogen-bond donors (Lipinski definition) is 1. The number of nitrogens with zero attached hydrogens (tertiary/aromatic N) is 2. The number of anilines is 3. The van der Waals surface area contributed by atoms with Crippen molar-refractivity contribution in [3.63, 3.8) is 0 Å². The molecule has 3 aromatic carbocycles. The molecule has 0 unspecified atom stereocenters. The van der Waals surface area contributed by atoms with Gasteiger partial charge in [0.05, 0.1) is 4.92 Å². The molecule has 4 rings (SSSR count). The van der Waals surface area contributed by atoms with E-state index < -0.39 is 4.92 Å². The molecule has 3 aromatic rings. The maximum absolute atomic E-state index is 12.6. The molecule has 6 heteroatoms. The fourth-order valence-electron chi connectivity index (χ4n) is 3.55. The van der Waals surface area contributed by atoms with Gasteiger partial charge < -0.3 is 10.2 Å². The fourth-order valence-corrected chi connectivity index (χ4v) is 3.55. The zero-order chi connectivity index (χ0) is 19.7. The molecule has 0 radical (unpaired) electrons. The van der Waals surface area contributed by atoms with Crippen molar-refractivity contribution in [1.29, 1.82) is 0 Å². The Morgan fingerprint density at radius 1 is 1.04 bits per heavy atom. The summed E-state index contributed by atoms with van der Waals surface area (Å²) in [5.41, 5.74) is 4.50. The lowest BCUT2D eigenvalue weighted by Crippen LogP contribution is -2.17. The van der Waals surface area contributed by atoms with Gasteiger partial charge in [-0.1, -0.05) is 30.3 Å². The van der Waals surface area contributed by atoms with Crippen LogP contribution in [0.15, 0.2) is 66.7 Å². The molecule has 0 saturated carbocycles. The number of aryl methyl sites for hydroxylation is 1. The molecular formula is C22H19N3O3. The summed E-state index contributed by atoms with van der Waals surface area (Å²) in [5, 5.41) is 14.5. The first-order valence-electron chi connectivity index (χ1n) is 9.05. The summed E-state index contributed by atoms with van der Waals surface area (Å²) in [6.45, 7) is 2.61. The van der Waals surface area contributed by atoms with Crippen LogP contribution < -0.4 is 10.2 Å². The van der Waals surface area contributed by atoms with Crippen LogP contribution in [0.4, 0.5) is 22.7 Å². The molecule has 0 aromatic heterocycles. The zero-order valence-corrected chi connectivity index (χ0v) is 15.4. The van der Waals surface area contributed by atoms with E-state index in [1.54, 1.807) is 18.2 Å². The smallest absolute Gasteiger partial charge is 0.293 e. The molecule has 1 N–H and O–H groups in total. The molecule has 140 valence electrons. The molecule has 28 heavy (non-hydrogen) atoms. The standard InChI is InChI=1S/C22H19N3O3/c1-15-5-4-7-18(13-15)23-22(26)17-9-10-20(21(14-17)25(27)28)24-12-11-16-6-2-3-8-19(16)24/h2-10,13-14H,11-12H2,1H3,(H,23,26). The molecule has 1 heterocycles. The lowest BCUT2D eigenvalue weighted by molar-refractivity contribution is -0.384. The summed E-state index contributed by atoms with van der Waals surface area (Å²) in [6.07, 6.45) is 0.836. The average molecular weight is 373 g/mol. The van der Waals surface area contributed by atoms with Crippen molar-refractivity contribution in [2.24, 2.45) is 0 Å². The van der Waals surface area contributed by atoms with E-state index in [9.17, 15) is 14.9 Å². The Hall–Kier alpha value is -3.67. The number of benzene rings is 3. The third-order valence-electron chi connectivity index (χ3n) is 4.89. The molecule has 0 aliphatic carbocycles. The first kappa shape index (κ1) is 17.7. The first-order valence-corrected chi connectivity index (χ1v) is 9.05. The highest BCUT2D eigenvalue weighted by atomic mass is 16.6. The molecule has 1 amide bonds. The van der Waals surface area contributed by atoms with E-state index in [0.717, 1.165) is 23.2 Å². The van der Waals surface area contributed by atoms with Gasteiger partial charge in [-0.25, -0.2) is 0 Å². The van der Waals surface area contributed by atoms with E-state index in [0.29, 0.717) is 17.9 Å². The Bertz CT molecular complexity index is 1080. The van der Waals surface area contributed by atoms with E-state index >= 15 is 0 Å². The second-order valence-corrected chi connectivity index (χ2v) is 6.81. The van der Waals surface area contributed by atoms with E-state index in [2.05, 4.69) is 5.32 Å². The van der Waals surface area contributed by atoms with Gasteiger partial charge in [-0.15, -0.1) is 0 Å². The van der Waals surface area contributed by atoms with Gasteiger partial charge in [-0.2, -0.15) is 0 Å². The third kappa shape index (κ3) is 3.32. The van der Waals surface area contributed by atoms with Crippen LogP contribution in [0, 0.1) is 17.0 Å². The summed E-state index contributed by atoms with van der Waals surface area (Å²) >= 11 is 0. The van der Waals surface area contributed by atoms with Gasteiger partial charge in [0.2, 0.25) is 0 Å². The summed E-state index contributed by atoms with van der Waals surface area (Å²) in [7, 11) is 0. The maximum atomic E-state index is 12.6. The Kier molecular flexibility index (Phi) is 4.53. The molecule has 1 aliphatic rings. The number of nitrogens with one attached hydrogen (secondary N) is 1. The van der Waals surface area contributed by atoms with Gasteiger partial charge in [0.1, 0.15) is 5.69 Å². The van der Waals surface area contributed by atoms with Crippen LogP contribution in [0.3, 0.4) is 0 Å². The fraction of sp³-hybridized carbons (Fsp3) is 0.136. The van der Waals surface area contributed by atoms with Gasteiger partial charge in [-0.3, -0.25) is 14.9 Å². The van der Waals surface area contributed by atoms with E-state index in [1.807, 2.05) is 54.3 Å². The van der Waals surface area contributed by atoms with Gasteiger partial charge >= 0.3 is 0 Å². The van der Waals surface area contributed by atoms with Crippen LogP contribution in [-0.4, -0.2) is 17.4 Å². The zero-order valence-electron chi connectivity index (χ0n) is 15.4. The molecule has 1 aliphatic heterocycles. The average Bonchev–Trinajstić information content (AvgIpc) is 3.11. The van der Waals surface area contributed by atoms with Crippen LogP contribution in [-0.2, 0) is 6.42 Å². The molecule has 0 atom stereocenters. The lowest BCUT2D eigenvalue weighted by atomic mass is 10.1. The van der Waals surface area contributed by atoms with Crippen molar-refractivity contribution in [2.75, 3.05) is 16.8 Å². The van der Waals surface area contributed by atoms with Crippen LogP contribution in [0.1, 0.15) is 21.5 Å². The van der Waals surface area contributed by atoms with Crippen LogP contribution in [0.25, 0.3) is 0 Å². The summed E-state index contributed by atoms with van der Waals surface area (Å²) in [6, 6.07) is 19.9. The number of para-hydroxylation sites is 1. The Balaban J connectivity index is 1.66. The molecule has 0 bridgehead atoms. The highest BCUT2D eigenvalue weighted by Crippen LogP contribution is 2.39. The largest absolute Gasteiger partial charge is 0.335 e. The molecule has 6 nitrogen and oxygen atoms in total. The van der Waals surface area contributed by atoms with Gasteiger partial charge in [0.15, 0.2) is 0 Å². The van der Waals surface area contributed by atoms with Gasteiger partial charge in [0, 0.05) is 29.5 Å². The highest BCUT2D eigenvalue weighted by Gasteiger charge is 2.27. The predicted octanol–water partition coefficient (Wildman–Crippen LogP) is 4.85. The van der Waals surface area contributed by atoms with Crippen LogP contribution in [0.2, 0.25) is 0 Å². The minimum absolute atomic E-state index is 0.0754. The van der Waals surface area contributed by atoms with Crippen molar-refractivity contribution in [2.45, 2.75) is 13.3 Å². The predicted molar refractivity (Wildman–Crippen MR) is 109 cm³/mol. The molecule has 0 saturated heterocycles. The topological polar surface area (TPSA) is 75.5 Å². The number of nitro groups is 1. The molecule has 0 spiro atoms. The van der Waals surface area contributed by atoms with Crippen molar-refractivity contribution in [3.8, 4) is 0 Å². The normalized spacial score (nSPS) is 12.5. The Morgan fingerprint density at radius 2 is 1.86 bits per heavy atom. The maximum Gasteiger partial charge on any atom is 0.293 e. The second-order valence-electron chi connectivity index (χ2n) is 6.81. The minimum Gasteiger partial charge on any atom is -0.335 e. The summed E-state index contributed by atoms with van der Waals surface area (Å²) < 4.78 is 0. The lowest BCUT2D eigenvalue weighted by Gasteiger charge is -2.19. The molecular weight excluding hydrogens is 354 g/mol. The van der Waals surface area contributed by atoms with Crippen molar-refractivity contribution < 1.29 is 9.72 Å². The van der Waals surface area contributed by atoms with E-state index in [1.165, 1.54) is 6.07 Å². The Labute approximate surface area is 162 Å². The van der Waals surface area contributed by atoms with Crippen molar-refractivity contribution in [1.82, 2.24) is 0 Å². The summed E-state index contributed by atoms with van der Waals surface area (Å²) in [4.78, 5) is 25.8. The minimum atomic E-state index is -0.431. The number of nitro benzene ring substituents is 1. The van der Waals surface area contributed by atoms with Crippen molar-refractivity contribution in [3.05, 3.63) is 93.5 Å². The van der Waals surface area contributed by atoms with Crippen LogP contribution >= 0.6 is 0 Å². The number of rotatable bonds is 4. The first-order chi connectivity index (χ1) is 13.5. The summed E-state index contributed by atoms with van der Waals surface area (Å²) in [5.74, 6) is -0.373. The molecule has 0 fully saturated rings. The third-order valence-corrected chi connectivity index (χ3v) is 4.89. The number of hydrogen-bond acceptors (Lipinski definition) is 4. The van der Waals surface area contributed by atoms with Crippen molar-refractivity contribution >= 4 is 28.7 Å². The number of carbonyl (C=O) groups is 1. The number of amides is 1. The number of fused-ring (bicyclic) bond motifs is 1. The number of carbonyl (C=O) groups excluding carboxylic acids is 1. The SMILES string of the molecule is Cc1cccc(NC(=O)c2ccc(N3CCc4ccccc43)c([N+](=O)[O-])c2)c1. The van der Waals surface area contributed by atoms with Crippen LogP contribution in [0.5, 0.6) is 0 Å². The Morgan fingerprint density at radius 3 is 2.64 bits per heavy atom. The quantitative estimate of drug-likeness (QED) is 0.524. The van der Waals surface area contributed by atoms with E-state index in [-0.39, 0.29) is 17.2 Å². The second kappa shape index (κ2) is 7.15.